The number of benzene rings is 2. The smallest absolute Gasteiger partial charge is 0.322 e. The average Bonchev–Trinajstić information content (AvgIpc) is 3.34. The van der Waals surface area contributed by atoms with E-state index < -0.39 is 0 Å². The molecule has 1 N–H and O–H groups in total. The molecule has 2 aromatic rings. The van der Waals surface area contributed by atoms with Crippen molar-refractivity contribution in [3.63, 3.8) is 0 Å². The highest BCUT2D eigenvalue weighted by Crippen LogP contribution is 2.42. The molecule has 1 unspecified atom stereocenters. The molecular formula is C22H24N2O2. The van der Waals surface area contributed by atoms with E-state index in [0.29, 0.717) is 5.92 Å². The summed E-state index contributed by atoms with van der Waals surface area (Å²) >= 11 is 0. The Morgan fingerprint density at radius 1 is 1.12 bits per heavy atom. The third kappa shape index (κ3) is 2.64. The Balaban J connectivity index is 1.58. The maximum Gasteiger partial charge on any atom is 0.322 e. The van der Waals surface area contributed by atoms with E-state index >= 15 is 0 Å². The maximum absolute atomic E-state index is 13.0. The lowest BCUT2D eigenvalue weighted by molar-refractivity contribution is 0.241. The first kappa shape index (κ1) is 15.7. The molecule has 1 aliphatic carbocycles. The quantitative estimate of drug-likeness (QED) is 0.891. The van der Waals surface area contributed by atoms with Gasteiger partial charge in [-0.3, -0.25) is 4.90 Å². The van der Waals surface area contributed by atoms with Crippen molar-refractivity contribution in [2.75, 3.05) is 18.1 Å². The normalized spacial score (nSPS) is 21.9. The number of carbonyl (C=O) groups is 1. The SMILES string of the molecule is O=C1NC(c2ccccc2)c2cc3c(cc2N1CC1CCCC1)OCC3. The Labute approximate surface area is 154 Å². The van der Waals surface area contributed by atoms with Crippen molar-refractivity contribution >= 4 is 11.7 Å². The highest BCUT2D eigenvalue weighted by molar-refractivity contribution is 5.96. The number of anilines is 1. The number of rotatable bonds is 3. The summed E-state index contributed by atoms with van der Waals surface area (Å²) in [5.74, 6) is 1.55. The van der Waals surface area contributed by atoms with Crippen LogP contribution >= 0.6 is 0 Å². The van der Waals surface area contributed by atoms with E-state index in [9.17, 15) is 4.79 Å². The van der Waals surface area contributed by atoms with E-state index in [1.165, 1.54) is 36.8 Å². The van der Waals surface area contributed by atoms with Crippen LogP contribution in [-0.2, 0) is 6.42 Å². The Morgan fingerprint density at radius 2 is 1.92 bits per heavy atom. The number of ether oxygens (including phenoxy) is 1. The van der Waals surface area contributed by atoms with Crippen LogP contribution in [0.1, 0.15) is 48.4 Å². The topological polar surface area (TPSA) is 41.6 Å². The Kier molecular flexibility index (Phi) is 3.84. The number of fused-ring (bicyclic) bond motifs is 2. The molecule has 0 bridgehead atoms. The number of hydrogen-bond acceptors (Lipinski definition) is 2. The second-order valence-corrected chi connectivity index (χ2v) is 7.67. The molecule has 4 heteroatoms. The fourth-order valence-electron chi connectivity index (χ4n) is 4.63. The number of hydrogen-bond donors (Lipinski definition) is 1. The standard InChI is InChI=1S/C22H24N2O2/c25-22-23-21(16-8-2-1-3-9-16)18-12-17-10-11-26-20(17)13-19(18)24(22)14-15-6-4-5-7-15/h1-3,8-9,12-13,15,21H,4-7,10-11,14H2,(H,23,25). The summed E-state index contributed by atoms with van der Waals surface area (Å²) in [7, 11) is 0. The van der Waals surface area contributed by atoms with Gasteiger partial charge >= 0.3 is 6.03 Å². The van der Waals surface area contributed by atoms with Crippen LogP contribution in [0.3, 0.4) is 0 Å². The highest BCUT2D eigenvalue weighted by Gasteiger charge is 2.35. The zero-order chi connectivity index (χ0) is 17.5. The van der Waals surface area contributed by atoms with Crippen molar-refractivity contribution in [3.8, 4) is 5.75 Å². The van der Waals surface area contributed by atoms with Crippen LogP contribution in [0.5, 0.6) is 5.75 Å². The minimum atomic E-state index is -0.0931. The minimum absolute atomic E-state index is 0.0104. The number of carbonyl (C=O) groups excluding carboxylic acids is 1. The lowest BCUT2D eigenvalue weighted by atomic mass is 9.92. The zero-order valence-corrected chi connectivity index (χ0v) is 14.9. The monoisotopic (exact) mass is 348 g/mol. The summed E-state index contributed by atoms with van der Waals surface area (Å²) in [6.45, 7) is 1.54. The van der Waals surface area contributed by atoms with Gasteiger partial charge in [0.2, 0.25) is 0 Å². The van der Waals surface area contributed by atoms with Gasteiger partial charge in [-0.05, 0) is 36.0 Å². The lowest BCUT2D eigenvalue weighted by Crippen LogP contribution is -2.48. The summed E-state index contributed by atoms with van der Waals surface area (Å²) in [5.41, 5.74) is 4.59. The molecule has 26 heavy (non-hydrogen) atoms. The first-order chi connectivity index (χ1) is 12.8. The molecule has 2 heterocycles. The van der Waals surface area contributed by atoms with E-state index in [1.54, 1.807) is 0 Å². The highest BCUT2D eigenvalue weighted by atomic mass is 16.5. The lowest BCUT2D eigenvalue weighted by Gasteiger charge is -2.37. The van der Waals surface area contributed by atoms with Crippen molar-refractivity contribution < 1.29 is 9.53 Å². The molecule has 0 radical (unpaired) electrons. The molecule has 4 nitrogen and oxygen atoms in total. The molecule has 5 rings (SSSR count). The van der Waals surface area contributed by atoms with Crippen LogP contribution in [0.25, 0.3) is 0 Å². The van der Waals surface area contributed by atoms with Crippen LogP contribution in [0, 0.1) is 5.92 Å². The van der Waals surface area contributed by atoms with Crippen LogP contribution in [-0.4, -0.2) is 19.2 Å². The molecule has 134 valence electrons. The van der Waals surface area contributed by atoms with Gasteiger partial charge in [-0.25, -0.2) is 4.79 Å². The number of urea groups is 1. The van der Waals surface area contributed by atoms with Gasteiger partial charge < -0.3 is 10.1 Å². The summed E-state index contributed by atoms with van der Waals surface area (Å²) < 4.78 is 5.80. The fourth-order valence-corrected chi connectivity index (χ4v) is 4.63. The Hall–Kier alpha value is -2.49. The molecule has 3 aliphatic rings. The van der Waals surface area contributed by atoms with Crippen molar-refractivity contribution in [1.29, 1.82) is 0 Å². The van der Waals surface area contributed by atoms with Gasteiger partial charge in [-0.1, -0.05) is 43.2 Å². The molecule has 1 atom stereocenters. The minimum Gasteiger partial charge on any atom is -0.493 e. The molecule has 2 amide bonds. The summed E-state index contributed by atoms with van der Waals surface area (Å²) in [6, 6.07) is 14.5. The van der Waals surface area contributed by atoms with Gasteiger partial charge in [-0.15, -0.1) is 0 Å². The van der Waals surface area contributed by atoms with Gasteiger partial charge in [0.1, 0.15) is 5.75 Å². The summed E-state index contributed by atoms with van der Waals surface area (Å²) in [5, 5.41) is 3.25. The van der Waals surface area contributed by atoms with Gasteiger partial charge in [-0.2, -0.15) is 0 Å². The molecule has 0 spiro atoms. The largest absolute Gasteiger partial charge is 0.493 e. The summed E-state index contributed by atoms with van der Waals surface area (Å²) in [6.07, 6.45) is 5.96. The third-order valence-corrected chi connectivity index (χ3v) is 6.00. The fraction of sp³-hybridized carbons (Fsp3) is 0.409. The van der Waals surface area contributed by atoms with Gasteiger partial charge in [0.05, 0.1) is 18.3 Å². The van der Waals surface area contributed by atoms with E-state index in [4.69, 9.17) is 4.74 Å². The Morgan fingerprint density at radius 3 is 2.73 bits per heavy atom. The predicted molar refractivity (Wildman–Crippen MR) is 102 cm³/mol. The van der Waals surface area contributed by atoms with Crippen molar-refractivity contribution in [1.82, 2.24) is 5.32 Å². The van der Waals surface area contributed by atoms with Gasteiger partial charge in [0.25, 0.3) is 0 Å². The second-order valence-electron chi connectivity index (χ2n) is 7.67. The van der Waals surface area contributed by atoms with E-state index in [1.807, 2.05) is 23.1 Å². The number of nitrogens with zero attached hydrogens (tertiary/aromatic N) is 1. The van der Waals surface area contributed by atoms with Crippen LogP contribution < -0.4 is 15.0 Å². The maximum atomic E-state index is 13.0. The molecular weight excluding hydrogens is 324 g/mol. The summed E-state index contributed by atoms with van der Waals surface area (Å²) in [4.78, 5) is 15.0. The van der Waals surface area contributed by atoms with Crippen LogP contribution in [0.4, 0.5) is 10.5 Å². The average molecular weight is 348 g/mol. The van der Waals surface area contributed by atoms with Gasteiger partial charge in [0.15, 0.2) is 0 Å². The molecule has 2 aromatic carbocycles. The number of nitrogens with one attached hydrogen (secondary N) is 1. The third-order valence-electron chi connectivity index (χ3n) is 6.00. The zero-order valence-electron chi connectivity index (χ0n) is 14.9. The van der Waals surface area contributed by atoms with E-state index in [0.717, 1.165) is 36.6 Å². The first-order valence-corrected chi connectivity index (χ1v) is 9.72. The first-order valence-electron chi connectivity index (χ1n) is 9.72. The molecule has 0 saturated heterocycles. The molecule has 2 aliphatic heterocycles. The molecule has 0 aromatic heterocycles. The molecule has 1 saturated carbocycles. The Bertz CT molecular complexity index is 828. The van der Waals surface area contributed by atoms with E-state index in [-0.39, 0.29) is 12.1 Å². The van der Waals surface area contributed by atoms with Crippen molar-refractivity contribution in [2.24, 2.45) is 5.92 Å². The second kappa shape index (κ2) is 6.35. The number of amides is 2. The van der Waals surface area contributed by atoms with Crippen LogP contribution in [0.2, 0.25) is 0 Å². The van der Waals surface area contributed by atoms with Crippen LogP contribution in [0.15, 0.2) is 42.5 Å². The molecule has 1 fully saturated rings. The van der Waals surface area contributed by atoms with Crippen molar-refractivity contribution in [3.05, 3.63) is 59.2 Å². The predicted octanol–water partition coefficient (Wildman–Crippen LogP) is 4.43. The van der Waals surface area contributed by atoms with Gasteiger partial charge in [0, 0.05) is 24.6 Å². The van der Waals surface area contributed by atoms with E-state index in [2.05, 4.69) is 29.6 Å². The van der Waals surface area contributed by atoms with Crippen molar-refractivity contribution in [2.45, 2.75) is 38.1 Å².